The highest BCUT2D eigenvalue weighted by molar-refractivity contribution is 7.89. The summed E-state index contributed by atoms with van der Waals surface area (Å²) in [6.07, 6.45) is 5.08. The van der Waals surface area contributed by atoms with Gasteiger partial charge >= 0.3 is 0 Å². The van der Waals surface area contributed by atoms with Gasteiger partial charge in [0.2, 0.25) is 10.0 Å². The van der Waals surface area contributed by atoms with Crippen LogP contribution in [0.4, 0.5) is 0 Å². The fourth-order valence-electron chi connectivity index (χ4n) is 3.65. The van der Waals surface area contributed by atoms with Crippen molar-refractivity contribution >= 4 is 21.4 Å². The number of hydrogen-bond donors (Lipinski definition) is 0. The van der Waals surface area contributed by atoms with Crippen LogP contribution in [0.3, 0.4) is 0 Å². The Morgan fingerprint density at radius 3 is 2.18 bits per heavy atom. The quantitative estimate of drug-likeness (QED) is 0.261. The number of aromatic nitrogens is 1. The van der Waals surface area contributed by atoms with Crippen LogP contribution < -0.4 is 0 Å². The van der Waals surface area contributed by atoms with Gasteiger partial charge in [0, 0.05) is 24.7 Å². The van der Waals surface area contributed by atoms with Gasteiger partial charge in [0.25, 0.3) is 0 Å². The third-order valence-electron chi connectivity index (χ3n) is 5.53. The van der Waals surface area contributed by atoms with E-state index in [9.17, 15) is 8.42 Å². The molecule has 33 heavy (non-hydrogen) atoms. The van der Waals surface area contributed by atoms with E-state index in [2.05, 4.69) is 24.0 Å². The summed E-state index contributed by atoms with van der Waals surface area (Å²) in [5.74, 6) is 0. The molecule has 0 atom stereocenters. The number of benzene rings is 2. The SMILES string of the molecule is CCCCc1ccc(CN(Cc2ccccc2)S(=O)(=O)c2csc(-c3ccccn3)c2)cc1. The van der Waals surface area contributed by atoms with Crippen molar-refractivity contribution in [3.63, 3.8) is 0 Å². The van der Waals surface area contributed by atoms with Crippen molar-refractivity contribution in [2.75, 3.05) is 0 Å². The molecule has 2 aromatic carbocycles. The fourth-order valence-corrected chi connectivity index (χ4v) is 6.31. The molecule has 0 saturated heterocycles. The van der Waals surface area contributed by atoms with Gasteiger partial charge in [0.1, 0.15) is 0 Å². The Labute approximate surface area is 200 Å². The van der Waals surface area contributed by atoms with E-state index in [-0.39, 0.29) is 0 Å². The van der Waals surface area contributed by atoms with Gasteiger partial charge in [-0.2, -0.15) is 4.31 Å². The standard InChI is InChI=1S/C27H28N2O2S2/c1-2-3-9-22-13-15-24(16-14-22)20-29(19-23-10-5-4-6-11-23)33(30,31)25-18-27(32-21-25)26-12-7-8-17-28-26/h4-8,10-18,21H,2-3,9,19-20H2,1H3. The third kappa shape index (κ3) is 5.96. The summed E-state index contributed by atoms with van der Waals surface area (Å²) in [6, 6.07) is 25.4. The van der Waals surface area contributed by atoms with Gasteiger partial charge in [-0.15, -0.1) is 11.3 Å². The largest absolute Gasteiger partial charge is 0.255 e. The molecule has 0 bridgehead atoms. The lowest BCUT2D eigenvalue weighted by Gasteiger charge is -2.22. The highest BCUT2D eigenvalue weighted by Gasteiger charge is 2.26. The summed E-state index contributed by atoms with van der Waals surface area (Å²) >= 11 is 1.40. The maximum Gasteiger partial charge on any atom is 0.244 e. The van der Waals surface area contributed by atoms with Crippen LogP contribution in [-0.4, -0.2) is 17.7 Å². The summed E-state index contributed by atoms with van der Waals surface area (Å²) in [5, 5.41) is 1.71. The van der Waals surface area contributed by atoms with E-state index in [0.29, 0.717) is 18.0 Å². The number of aryl methyl sites for hydroxylation is 1. The van der Waals surface area contributed by atoms with Crippen molar-refractivity contribution in [1.29, 1.82) is 0 Å². The van der Waals surface area contributed by atoms with Crippen molar-refractivity contribution in [2.24, 2.45) is 0 Å². The molecule has 0 spiro atoms. The number of sulfonamides is 1. The van der Waals surface area contributed by atoms with Crippen molar-refractivity contribution in [3.05, 3.63) is 107 Å². The molecule has 0 aliphatic rings. The number of hydrogen-bond acceptors (Lipinski definition) is 4. The monoisotopic (exact) mass is 476 g/mol. The lowest BCUT2D eigenvalue weighted by atomic mass is 10.1. The second kappa shape index (κ2) is 10.9. The van der Waals surface area contributed by atoms with Gasteiger partial charge < -0.3 is 0 Å². The van der Waals surface area contributed by atoms with Crippen molar-refractivity contribution in [1.82, 2.24) is 9.29 Å². The smallest absolute Gasteiger partial charge is 0.244 e. The van der Waals surface area contributed by atoms with E-state index in [1.165, 1.54) is 16.9 Å². The first kappa shape index (κ1) is 23.4. The molecule has 6 heteroatoms. The second-order valence-corrected chi connectivity index (χ2v) is 10.9. The van der Waals surface area contributed by atoms with Crippen molar-refractivity contribution in [2.45, 2.75) is 44.2 Å². The van der Waals surface area contributed by atoms with E-state index in [1.54, 1.807) is 21.9 Å². The topological polar surface area (TPSA) is 50.3 Å². The van der Waals surface area contributed by atoms with Gasteiger partial charge in [0.05, 0.1) is 15.5 Å². The second-order valence-electron chi connectivity index (χ2n) is 8.04. The Bertz CT molecular complexity index is 1250. The molecule has 0 aliphatic carbocycles. The molecule has 4 nitrogen and oxygen atoms in total. The minimum Gasteiger partial charge on any atom is -0.255 e. The number of thiophene rings is 1. The first-order valence-corrected chi connectivity index (χ1v) is 13.5. The van der Waals surface area contributed by atoms with E-state index < -0.39 is 10.0 Å². The summed E-state index contributed by atoms with van der Waals surface area (Å²) in [7, 11) is -3.69. The van der Waals surface area contributed by atoms with Gasteiger partial charge in [-0.25, -0.2) is 8.42 Å². The molecule has 0 unspecified atom stereocenters. The normalized spacial score (nSPS) is 11.7. The molecular weight excluding hydrogens is 448 g/mol. The Hall–Kier alpha value is -2.80. The van der Waals surface area contributed by atoms with E-state index in [1.807, 2.05) is 60.7 Å². The van der Waals surface area contributed by atoms with Crippen LogP contribution in [0.5, 0.6) is 0 Å². The highest BCUT2D eigenvalue weighted by Crippen LogP contribution is 2.31. The lowest BCUT2D eigenvalue weighted by Crippen LogP contribution is -2.30. The summed E-state index contributed by atoms with van der Waals surface area (Å²) in [5.41, 5.74) is 4.01. The highest BCUT2D eigenvalue weighted by atomic mass is 32.2. The molecular formula is C27H28N2O2S2. The molecule has 4 rings (SSSR count). The predicted molar refractivity (Wildman–Crippen MR) is 135 cm³/mol. The average Bonchev–Trinajstić information content (AvgIpc) is 3.36. The Morgan fingerprint density at radius 1 is 0.848 bits per heavy atom. The van der Waals surface area contributed by atoms with Gasteiger partial charge in [0.15, 0.2) is 0 Å². The summed E-state index contributed by atoms with van der Waals surface area (Å²) < 4.78 is 29.0. The van der Waals surface area contributed by atoms with Crippen LogP contribution in [-0.2, 0) is 29.5 Å². The zero-order valence-corrected chi connectivity index (χ0v) is 20.4. The number of nitrogens with zero attached hydrogens (tertiary/aromatic N) is 2. The Kier molecular flexibility index (Phi) is 7.70. The maximum atomic E-state index is 13.7. The van der Waals surface area contributed by atoms with Crippen LogP contribution >= 0.6 is 11.3 Å². The van der Waals surface area contributed by atoms with Crippen LogP contribution in [0.1, 0.15) is 36.5 Å². The minimum atomic E-state index is -3.69. The minimum absolute atomic E-state index is 0.309. The molecule has 0 aliphatic heterocycles. The number of unbranched alkanes of at least 4 members (excludes halogenated alkanes) is 1. The molecule has 0 N–H and O–H groups in total. The van der Waals surface area contributed by atoms with E-state index >= 15 is 0 Å². The van der Waals surface area contributed by atoms with Gasteiger partial charge in [-0.1, -0.05) is 74.0 Å². The zero-order chi connectivity index (χ0) is 23.1. The van der Waals surface area contributed by atoms with Crippen LogP contribution in [0, 0.1) is 0 Å². The van der Waals surface area contributed by atoms with Crippen molar-refractivity contribution < 1.29 is 8.42 Å². The maximum absolute atomic E-state index is 13.7. The first-order valence-electron chi connectivity index (χ1n) is 11.2. The number of pyridine rings is 1. The fraction of sp³-hybridized carbons (Fsp3) is 0.222. The average molecular weight is 477 g/mol. The van der Waals surface area contributed by atoms with Crippen LogP contribution in [0.15, 0.2) is 95.3 Å². The van der Waals surface area contributed by atoms with Gasteiger partial charge in [-0.3, -0.25) is 4.98 Å². The van der Waals surface area contributed by atoms with Crippen molar-refractivity contribution in [3.8, 4) is 10.6 Å². The zero-order valence-electron chi connectivity index (χ0n) is 18.7. The molecule has 4 aromatic rings. The Balaban J connectivity index is 1.62. The predicted octanol–water partition coefficient (Wildman–Crippen LogP) is 6.54. The molecule has 2 aromatic heterocycles. The molecule has 0 fully saturated rings. The summed E-state index contributed by atoms with van der Waals surface area (Å²) in [6.45, 7) is 2.82. The summed E-state index contributed by atoms with van der Waals surface area (Å²) in [4.78, 5) is 5.51. The molecule has 2 heterocycles. The third-order valence-corrected chi connectivity index (χ3v) is 8.40. The first-order chi connectivity index (χ1) is 16.1. The van der Waals surface area contributed by atoms with Crippen LogP contribution in [0.2, 0.25) is 0 Å². The van der Waals surface area contributed by atoms with E-state index in [0.717, 1.165) is 41.0 Å². The van der Waals surface area contributed by atoms with Gasteiger partial charge in [-0.05, 0) is 47.7 Å². The molecule has 170 valence electrons. The molecule has 0 saturated carbocycles. The molecule has 0 radical (unpaired) electrons. The molecule has 0 amide bonds. The number of rotatable bonds is 10. The van der Waals surface area contributed by atoms with E-state index in [4.69, 9.17) is 0 Å². The Morgan fingerprint density at radius 2 is 1.52 bits per heavy atom. The van der Waals surface area contributed by atoms with Crippen LogP contribution in [0.25, 0.3) is 10.6 Å². The lowest BCUT2D eigenvalue weighted by molar-refractivity contribution is 0.401.